The van der Waals surface area contributed by atoms with Crippen molar-refractivity contribution >= 4 is 23.4 Å². The zero-order chi connectivity index (χ0) is 13.5. The quantitative estimate of drug-likeness (QED) is 0.596. The van der Waals surface area contributed by atoms with Crippen molar-refractivity contribution in [2.75, 3.05) is 13.2 Å². The van der Waals surface area contributed by atoms with Crippen LogP contribution in [-0.4, -0.2) is 36.1 Å². The molecule has 1 aromatic rings. The first-order valence-corrected chi connectivity index (χ1v) is 5.86. The number of hydrogen-bond acceptors (Lipinski definition) is 4. The van der Waals surface area contributed by atoms with E-state index in [0.29, 0.717) is 10.6 Å². The number of carboxylic acids is 1. The summed E-state index contributed by atoms with van der Waals surface area (Å²) >= 11 is 5.69. The molecular weight excluding hydrogens is 258 g/mol. The van der Waals surface area contributed by atoms with E-state index < -0.39 is 12.0 Å². The molecular formula is C12H14ClNO4. The highest BCUT2D eigenvalue weighted by molar-refractivity contribution is 6.30. The molecule has 0 unspecified atom stereocenters. The summed E-state index contributed by atoms with van der Waals surface area (Å²) in [5.74, 6) is -1.61. The first kappa shape index (κ1) is 14.6. The van der Waals surface area contributed by atoms with Crippen LogP contribution in [0.4, 0.5) is 0 Å². The highest BCUT2D eigenvalue weighted by atomic mass is 35.5. The number of ketones is 1. The van der Waals surface area contributed by atoms with Gasteiger partial charge in [0.2, 0.25) is 0 Å². The Hall–Kier alpha value is -1.43. The van der Waals surface area contributed by atoms with E-state index in [2.05, 4.69) is 0 Å². The lowest BCUT2D eigenvalue weighted by molar-refractivity contribution is -0.683. The SMILES string of the molecule is O=C(C[C@H]([NH2+]CCO)C(=O)[O-])c1ccc(Cl)cc1. The van der Waals surface area contributed by atoms with E-state index in [4.69, 9.17) is 16.7 Å². The van der Waals surface area contributed by atoms with Crippen molar-refractivity contribution in [3.8, 4) is 0 Å². The Labute approximate surface area is 109 Å². The molecule has 18 heavy (non-hydrogen) atoms. The second kappa shape index (κ2) is 7.10. The maximum Gasteiger partial charge on any atom is 0.169 e. The van der Waals surface area contributed by atoms with Crippen LogP contribution in [0.25, 0.3) is 0 Å². The fourth-order valence-electron chi connectivity index (χ4n) is 1.49. The van der Waals surface area contributed by atoms with Gasteiger partial charge in [0.05, 0.1) is 25.5 Å². The maximum absolute atomic E-state index is 11.8. The van der Waals surface area contributed by atoms with E-state index in [1.54, 1.807) is 24.3 Å². The standard InChI is InChI=1S/C12H14ClNO4/c13-9-3-1-8(2-4-9)11(16)7-10(12(17)18)14-5-6-15/h1-4,10,14-15H,5-7H2,(H,17,18)/t10-/m0/s1. The number of rotatable bonds is 7. The number of quaternary nitrogens is 1. The topological polar surface area (TPSA) is 94.0 Å². The average Bonchev–Trinajstić information content (AvgIpc) is 2.34. The van der Waals surface area contributed by atoms with Gasteiger partial charge in [-0.15, -0.1) is 0 Å². The minimum Gasteiger partial charge on any atom is -0.544 e. The number of nitrogens with two attached hydrogens (primary N) is 1. The smallest absolute Gasteiger partial charge is 0.169 e. The molecule has 3 N–H and O–H groups in total. The van der Waals surface area contributed by atoms with Gasteiger partial charge in [0, 0.05) is 10.6 Å². The Kier molecular flexibility index (Phi) is 5.77. The van der Waals surface area contributed by atoms with Crippen LogP contribution in [0.2, 0.25) is 5.02 Å². The number of halogens is 1. The lowest BCUT2D eigenvalue weighted by Crippen LogP contribution is -2.94. The molecule has 0 aromatic heterocycles. The van der Waals surface area contributed by atoms with Crippen LogP contribution < -0.4 is 10.4 Å². The number of aliphatic carboxylic acids is 1. The third-order valence-electron chi connectivity index (χ3n) is 2.45. The zero-order valence-corrected chi connectivity index (χ0v) is 10.4. The first-order chi connectivity index (χ1) is 8.54. The van der Waals surface area contributed by atoms with Crippen LogP contribution in [0.1, 0.15) is 16.8 Å². The lowest BCUT2D eigenvalue weighted by Gasteiger charge is -2.15. The van der Waals surface area contributed by atoms with Crippen molar-refractivity contribution < 1.29 is 25.1 Å². The number of hydrogen-bond donors (Lipinski definition) is 2. The molecule has 0 aliphatic carbocycles. The van der Waals surface area contributed by atoms with Gasteiger partial charge < -0.3 is 20.3 Å². The summed E-state index contributed by atoms with van der Waals surface area (Å²) in [7, 11) is 0. The van der Waals surface area contributed by atoms with E-state index >= 15 is 0 Å². The second-order valence-corrected chi connectivity index (χ2v) is 4.24. The van der Waals surface area contributed by atoms with Gasteiger partial charge >= 0.3 is 0 Å². The normalized spacial score (nSPS) is 12.1. The summed E-state index contributed by atoms with van der Waals surface area (Å²) in [5, 5.41) is 21.4. The monoisotopic (exact) mass is 271 g/mol. The van der Waals surface area contributed by atoms with Gasteiger partial charge in [-0.1, -0.05) is 11.6 Å². The van der Waals surface area contributed by atoms with Crippen LogP contribution in [0, 0.1) is 0 Å². The zero-order valence-electron chi connectivity index (χ0n) is 9.64. The average molecular weight is 272 g/mol. The molecule has 0 saturated carbocycles. The maximum atomic E-state index is 11.8. The summed E-state index contributed by atoms with van der Waals surface area (Å²) in [4.78, 5) is 22.6. The molecule has 0 aliphatic rings. The van der Waals surface area contributed by atoms with E-state index in [0.717, 1.165) is 0 Å². The van der Waals surface area contributed by atoms with Gasteiger partial charge in [0.15, 0.2) is 5.78 Å². The molecule has 0 spiro atoms. The van der Waals surface area contributed by atoms with Crippen LogP contribution in [0.3, 0.4) is 0 Å². The highest BCUT2D eigenvalue weighted by Crippen LogP contribution is 2.11. The molecule has 0 fully saturated rings. The van der Waals surface area contributed by atoms with Crippen molar-refractivity contribution in [3.63, 3.8) is 0 Å². The fourth-order valence-corrected chi connectivity index (χ4v) is 1.62. The van der Waals surface area contributed by atoms with Crippen molar-refractivity contribution in [1.29, 1.82) is 0 Å². The Morgan fingerprint density at radius 3 is 2.44 bits per heavy atom. The Bertz CT molecular complexity index is 419. The molecule has 1 rings (SSSR count). The number of Topliss-reactive ketones (excluding diaryl/α,β-unsaturated/α-hetero) is 1. The number of aliphatic hydroxyl groups excluding tert-OH is 1. The third-order valence-corrected chi connectivity index (χ3v) is 2.71. The third kappa shape index (κ3) is 4.44. The predicted octanol–water partition coefficient (Wildman–Crippen LogP) is -1.41. The highest BCUT2D eigenvalue weighted by Gasteiger charge is 2.18. The van der Waals surface area contributed by atoms with Gasteiger partial charge in [0.1, 0.15) is 6.04 Å². The first-order valence-electron chi connectivity index (χ1n) is 5.48. The summed E-state index contributed by atoms with van der Waals surface area (Å²) in [6.45, 7) is 0.0610. The van der Waals surface area contributed by atoms with Crippen molar-refractivity contribution in [3.05, 3.63) is 34.9 Å². The van der Waals surface area contributed by atoms with Crippen LogP contribution in [0.5, 0.6) is 0 Å². The van der Waals surface area contributed by atoms with E-state index in [1.807, 2.05) is 0 Å². The molecule has 6 heteroatoms. The van der Waals surface area contributed by atoms with E-state index in [1.165, 1.54) is 5.32 Å². The van der Waals surface area contributed by atoms with E-state index in [9.17, 15) is 14.7 Å². The van der Waals surface area contributed by atoms with Crippen LogP contribution in [-0.2, 0) is 4.79 Å². The molecule has 5 nitrogen and oxygen atoms in total. The fraction of sp³-hybridized carbons (Fsp3) is 0.333. The Balaban J connectivity index is 2.66. The van der Waals surface area contributed by atoms with Crippen molar-refractivity contribution in [2.45, 2.75) is 12.5 Å². The number of carbonyl (C=O) groups excluding carboxylic acids is 2. The number of carboxylic acid groups (broad SMARTS) is 1. The van der Waals surface area contributed by atoms with Gasteiger partial charge in [-0.3, -0.25) is 4.79 Å². The van der Waals surface area contributed by atoms with Crippen LogP contribution in [0.15, 0.2) is 24.3 Å². The van der Waals surface area contributed by atoms with Crippen LogP contribution >= 0.6 is 11.6 Å². The molecule has 0 amide bonds. The van der Waals surface area contributed by atoms with Crippen molar-refractivity contribution in [2.24, 2.45) is 0 Å². The lowest BCUT2D eigenvalue weighted by atomic mass is 10.0. The molecule has 0 bridgehead atoms. The molecule has 1 aromatic carbocycles. The molecule has 0 radical (unpaired) electrons. The summed E-state index contributed by atoms with van der Waals surface area (Å²) in [5.41, 5.74) is 0.406. The Morgan fingerprint density at radius 2 is 1.94 bits per heavy atom. The van der Waals surface area contributed by atoms with E-state index in [-0.39, 0.29) is 25.4 Å². The predicted molar refractivity (Wildman–Crippen MR) is 63.1 cm³/mol. The molecule has 0 heterocycles. The minimum atomic E-state index is -1.31. The summed E-state index contributed by atoms with van der Waals surface area (Å²) in [6, 6.07) is 5.24. The van der Waals surface area contributed by atoms with Gasteiger partial charge in [0.25, 0.3) is 0 Å². The largest absolute Gasteiger partial charge is 0.544 e. The Morgan fingerprint density at radius 1 is 1.33 bits per heavy atom. The summed E-state index contributed by atoms with van der Waals surface area (Å²) in [6.07, 6.45) is -0.177. The van der Waals surface area contributed by atoms with Gasteiger partial charge in [-0.25, -0.2) is 0 Å². The minimum absolute atomic E-state index is 0.154. The summed E-state index contributed by atoms with van der Waals surface area (Å²) < 4.78 is 0. The number of carbonyl (C=O) groups is 2. The number of aliphatic hydroxyl groups is 1. The molecule has 0 saturated heterocycles. The van der Waals surface area contributed by atoms with Gasteiger partial charge in [-0.05, 0) is 24.3 Å². The molecule has 1 atom stereocenters. The second-order valence-electron chi connectivity index (χ2n) is 3.81. The van der Waals surface area contributed by atoms with Gasteiger partial charge in [-0.2, -0.15) is 0 Å². The number of benzene rings is 1. The molecule has 0 aliphatic heterocycles. The molecule has 98 valence electrons. The van der Waals surface area contributed by atoms with Crippen molar-refractivity contribution in [1.82, 2.24) is 0 Å².